The highest BCUT2D eigenvalue weighted by Crippen LogP contribution is 2.33. The lowest BCUT2D eigenvalue weighted by Crippen LogP contribution is -2.20. The van der Waals surface area contributed by atoms with Crippen molar-refractivity contribution < 1.29 is 27.3 Å². The van der Waals surface area contributed by atoms with Gasteiger partial charge in [-0.25, -0.2) is 4.79 Å². The smallest absolute Gasteiger partial charge is 0.359 e. The SMILES string of the molecule is Cn1cc(C(=O)Nc2ccc(NC(=O)Nc3cc(C(C)(C)C)on3)cc2)c(C(F)(F)F)c1. The Hall–Kier alpha value is -3.76. The van der Waals surface area contributed by atoms with Crippen LogP contribution in [0.4, 0.5) is 35.2 Å². The third-order valence-electron chi connectivity index (χ3n) is 4.40. The summed E-state index contributed by atoms with van der Waals surface area (Å²) in [5.74, 6) is -0.0308. The second-order valence-electron chi connectivity index (χ2n) is 8.19. The Labute approximate surface area is 181 Å². The largest absolute Gasteiger partial charge is 0.418 e. The molecule has 0 unspecified atom stereocenters. The highest BCUT2D eigenvalue weighted by atomic mass is 19.4. The Morgan fingerprint density at radius 1 is 0.969 bits per heavy atom. The molecule has 3 rings (SSSR count). The summed E-state index contributed by atoms with van der Waals surface area (Å²) in [6.45, 7) is 5.83. The van der Waals surface area contributed by atoms with Crippen molar-refractivity contribution in [1.82, 2.24) is 9.72 Å². The number of urea groups is 1. The molecule has 0 saturated heterocycles. The summed E-state index contributed by atoms with van der Waals surface area (Å²) in [5, 5.41) is 11.3. The average Bonchev–Trinajstić information content (AvgIpc) is 3.29. The number of carbonyl (C=O) groups excluding carboxylic acids is 2. The van der Waals surface area contributed by atoms with Gasteiger partial charge in [-0.1, -0.05) is 25.9 Å². The normalized spacial score (nSPS) is 11.8. The molecule has 0 aliphatic carbocycles. The lowest BCUT2D eigenvalue weighted by molar-refractivity contribution is -0.137. The maximum Gasteiger partial charge on any atom is 0.418 e. The molecular weight excluding hydrogens is 427 g/mol. The van der Waals surface area contributed by atoms with Crippen LogP contribution in [0.5, 0.6) is 0 Å². The number of nitrogens with one attached hydrogen (secondary N) is 3. The Kier molecular flexibility index (Phi) is 6.02. The van der Waals surface area contributed by atoms with Crippen molar-refractivity contribution in [2.75, 3.05) is 16.0 Å². The molecule has 0 spiro atoms. The molecule has 3 N–H and O–H groups in total. The van der Waals surface area contributed by atoms with Crippen molar-refractivity contribution in [2.24, 2.45) is 7.05 Å². The van der Waals surface area contributed by atoms with Crippen LogP contribution in [-0.4, -0.2) is 21.7 Å². The molecule has 11 heteroatoms. The molecular formula is C21H22F3N5O3. The van der Waals surface area contributed by atoms with Gasteiger partial charge in [0.05, 0.1) is 11.1 Å². The van der Waals surface area contributed by atoms with Crippen LogP contribution in [0, 0.1) is 0 Å². The monoisotopic (exact) mass is 449 g/mol. The molecule has 32 heavy (non-hydrogen) atoms. The van der Waals surface area contributed by atoms with Crippen LogP contribution in [0.1, 0.15) is 42.5 Å². The predicted molar refractivity (Wildman–Crippen MR) is 113 cm³/mol. The van der Waals surface area contributed by atoms with Gasteiger partial charge in [0, 0.05) is 42.3 Å². The lowest BCUT2D eigenvalue weighted by Gasteiger charge is -2.12. The molecule has 0 aliphatic rings. The first kappa shape index (κ1) is 22.9. The molecule has 1 aromatic carbocycles. The summed E-state index contributed by atoms with van der Waals surface area (Å²) in [6.07, 6.45) is -2.69. The van der Waals surface area contributed by atoms with Crippen molar-refractivity contribution in [3.63, 3.8) is 0 Å². The average molecular weight is 449 g/mol. The zero-order valence-corrected chi connectivity index (χ0v) is 17.8. The molecule has 0 radical (unpaired) electrons. The van der Waals surface area contributed by atoms with Gasteiger partial charge in [0.25, 0.3) is 5.91 Å². The van der Waals surface area contributed by atoms with Crippen LogP contribution >= 0.6 is 0 Å². The first-order chi connectivity index (χ1) is 14.8. The fourth-order valence-corrected chi connectivity index (χ4v) is 2.79. The molecule has 0 fully saturated rings. The highest BCUT2D eigenvalue weighted by Gasteiger charge is 2.36. The third kappa shape index (κ3) is 5.48. The summed E-state index contributed by atoms with van der Waals surface area (Å²) in [6, 6.07) is 6.96. The Balaban J connectivity index is 1.61. The molecule has 0 atom stereocenters. The lowest BCUT2D eigenvalue weighted by atomic mass is 9.93. The number of benzene rings is 1. The number of carbonyl (C=O) groups is 2. The number of anilines is 3. The standard InChI is InChI=1S/C21H22F3N5O3/c1-20(2,3)16-9-17(28-32-16)27-19(31)26-13-7-5-12(6-8-13)25-18(30)14-10-29(4)11-15(14)21(22,23)24/h5-11H,1-4H3,(H,25,30)(H2,26,27,28,31). The summed E-state index contributed by atoms with van der Waals surface area (Å²) < 4.78 is 45.7. The number of amides is 3. The van der Waals surface area contributed by atoms with Crippen molar-refractivity contribution in [1.29, 1.82) is 0 Å². The quantitative estimate of drug-likeness (QED) is 0.508. The minimum Gasteiger partial charge on any atom is -0.359 e. The summed E-state index contributed by atoms with van der Waals surface area (Å²) >= 11 is 0. The van der Waals surface area contributed by atoms with Gasteiger partial charge >= 0.3 is 12.2 Å². The summed E-state index contributed by atoms with van der Waals surface area (Å²) in [7, 11) is 1.40. The van der Waals surface area contributed by atoms with Crippen LogP contribution in [-0.2, 0) is 18.6 Å². The van der Waals surface area contributed by atoms with Crippen LogP contribution in [0.2, 0.25) is 0 Å². The van der Waals surface area contributed by atoms with Gasteiger partial charge in [-0.3, -0.25) is 10.1 Å². The third-order valence-corrected chi connectivity index (χ3v) is 4.40. The number of rotatable bonds is 4. The fourth-order valence-electron chi connectivity index (χ4n) is 2.79. The van der Waals surface area contributed by atoms with Gasteiger partial charge in [-0.2, -0.15) is 13.2 Å². The zero-order chi connectivity index (χ0) is 23.7. The van der Waals surface area contributed by atoms with E-state index in [4.69, 9.17) is 4.52 Å². The van der Waals surface area contributed by atoms with Gasteiger partial charge in [-0.05, 0) is 24.3 Å². The van der Waals surface area contributed by atoms with Crippen LogP contribution in [0.25, 0.3) is 0 Å². The molecule has 0 aliphatic heterocycles. The second kappa shape index (κ2) is 8.40. The minimum atomic E-state index is -4.65. The van der Waals surface area contributed by atoms with E-state index in [-0.39, 0.29) is 16.9 Å². The molecule has 3 aromatic rings. The molecule has 2 heterocycles. The number of aromatic nitrogens is 2. The zero-order valence-electron chi connectivity index (χ0n) is 17.8. The minimum absolute atomic E-state index is 0.250. The van der Waals surface area contributed by atoms with E-state index in [9.17, 15) is 22.8 Å². The Morgan fingerprint density at radius 2 is 1.56 bits per heavy atom. The van der Waals surface area contributed by atoms with E-state index < -0.39 is 29.2 Å². The predicted octanol–water partition coefficient (Wildman–Crippen LogP) is 5.23. The maximum atomic E-state index is 13.1. The van der Waals surface area contributed by atoms with Gasteiger partial charge in [0.15, 0.2) is 5.82 Å². The van der Waals surface area contributed by atoms with E-state index in [0.717, 1.165) is 12.4 Å². The summed E-state index contributed by atoms with van der Waals surface area (Å²) in [4.78, 5) is 24.5. The van der Waals surface area contributed by atoms with E-state index in [2.05, 4.69) is 21.1 Å². The summed E-state index contributed by atoms with van der Waals surface area (Å²) in [5.41, 5.74) is -1.09. The van der Waals surface area contributed by atoms with E-state index in [1.165, 1.54) is 35.9 Å². The van der Waals surface area contributed by atoms with Gasteiger partial charge < -0.3 is 19.7 Å². The number of aryl methyl sites for hydroxylation is 1. The number of halogens is 3. The Bertz CT molecular complexity index is 1120. The van der Waals surface area contributed by atoms with E-state index in [1.54, 1.807) is 6.07 Å². The van der Waals surface area contributed by atoms with Crippen molar-refractivity contribution >= 4 is 29.1 Å². The van der Waals surface area contributed by atoms with E-state index in [1.807, 2.05) is 20.8 Å². The second-order valence-corrected chi connectivity index (χ2v) is 8.19. The topological polar surface area (TPSA) is 101 Å². The molecule has 0 saturated carbocycles. The molecule has 8 nitrogen and oxygen atoms in total. The Morgan fingerprint density at radius 3 is 2.09 bits per heavy atom. The number of hydrogen-bond acceptors (Lipinski definition) is 4. The van der Waals surface area contributed by atoms with E-state index >= 15 is 0 Å². The van der Waals surface area contributed by atoms with Crippen LogP contribution in [0.15, 0.2) is 47.2 Å². The first-order valence-electron chi connectivity index (χ1n) is 9.53. The van der Waals surface area contributed by atoms with Crippen molar-refractivity contribution in [2.45, 2.75) is 32.4 Å². The van der Waals surface area contributed by atoms with Gasteiger partial charge in [0.1, 0.15) is 5.76 Å². The van der Waals surface area contributed by atoms with Crippen molar-refractivity contribution in [3.05, 3.63) is 59.6 Å². The number of alkyl halides is 3. The first-order valence-corrected chi connectivity index (χ1v) is 9.53. The molecule has 3 amide bonds. The fraction of sp³-hybridized carbons (Fsp3) is 0.286. The van der Waals surface area contributed by atoms with Crippen LogP contribution < -0.4 is 16.0 Å². The van der Waals surface area contributed by atoms with Crippen LogP contribution in [0.3, 0.4) is 0 Å². The molecule has 170 valence electrons. The highest BCUT2D eigenvalue weighted by molar-refractivity contribution is 6.05. The molecule has 0 bridgehead atoms. The number of nitrogens with zero attached hydrogens (tertiary/aromatic N) is 2. The molecule has 2 aromatic heterocycles. The number of hydrogen-bond donors (Lipinski definition) is 3. The van der Waals surface area contributed by atoms with Gasteiger partial charge in [0.2, 0.25) is 0 Å². The van der Waals surface area contributed by atoms with Gasteiger partial charge in [-0.15, -0.1) is 0 Å². The van der Waals surface area contributed by atoms with Crippen molar-refractivity contribution in [3.8, 4) is 0 Å². The van der Waals surface area contributed by atoms with E-state index in [0.29, 0.717) is 11.4 Å². The maximum absolute atomic E-state index is 13.1.